The molecular weight excluding hydrogens is 412 g/mol. The third-order valence-corrected chi connectivity index (χ3v) is 4.77. The molecule has 2 aromatic rings. The van der Waals surface area contributed by atoms with Crippen molar-refractivity contribution in [2.75, 3.05) is 42.9 Å². The number of anilines is 2. The molecule has 0 radical (unpaired) electrons. The summed E-state index contributed by atoms with van der Waals surface area (Å²) < 4.78 is 76.3. The van der Waals surface area contributed by atoms with Gasteiger partial charge in [-0.15, -0.1) is 0 Å². The van der Waals surface area contributed by atoms with Crippen molar-refractivity contribution in [3.05, 3.63) is 59.7 Å². The molecule has 0 unspecified atom stereocenters. The number of alkyl halides is 6. The third-order valence-electron chi connectivity index (χ3n) is 4.77. The van der Waals surface area contributed by atoms with Crippen molar-refractivity contribution >= 4 is 17.3 Å². The number of nitrogens with zero attached hydrogens (tertiary/aromatic N) is 2. The first kappa shape index (κ1) is 21.9. The van der Waals surface area contributed by atoms with Gasteiger partial charge in [0.25, 0.3) is 0 Å². The molecule has 0 spiro atoms. The topological polar surface area (TPSA) is 35.6 Å². The fraction of sp³-hybridized carbons (Fsp3) is 0.350. The normalized spacial score (nSPS) is 15.9. The average Bonchev–Trinajstić information content (AvgIpc) is 2.68. The van der Waals surface area contributed by atoms with Gasteiger partial charge >= 0.3 is 12.4 Å². The molecule has 1 heterocycles. The standard InChI is InChI=1S/C20H19F6N3O/c21-19(22,23)14-4-6-16(7-5-14)27-18(30)13-28-8-10-29(11-9-28)17-3-1-2-15(12-17)20(24,25)26/h1-7,12H,8-11,13H2,(H,27,30). The summed E-state index contributed by atoms with van der Waals surface area (Å²) in [6.07, 6.45) is -8.85. The van der Waals surface area contributed by atoms with E-state index in [2.05, 4.69) is 5.32 Å². The zero-order chi connectivity index (χ0) is 21.9. The lowest BCUT2D eigenvalue weighted by Crippen LogP contribution is -2.48. The average molecular weight is 431 g/mol. The Morgan fingerprint density at radius 1 is 0.833 bits per heavy atom. The second-order valence-corrected chi connectivity index (χ2v) is 6.93. The van der Waals surface area contributed by atoms with Gasteiger partial charge in [0.05, 0.1) is 17.7 Å². The summed E-state index contributed by atoms with van der Waals surface area (Å²) in [4.78, 5) is 15.8. The Morgan fingerprint density at radius 3 is 2.00 bits per heavy atom. The molecule has 0 bridgehead atoms. The van der Waals surface area contributed by atoms with Crippen LogP contribution in [0.1, 0.15) is 11.1 Å². The van der Waals surface area contributed by atoms with E-state index in [1.807, 2.05) is 9.80 Å². The summed E-state index contributed by atoms with van der Waals surface area (Å²) >= 11 is 0. The zero-order valence-electron chi connectivity index (χ0n) is 15.7. The number of hydrogen-bond donors (Lipinski definition) is 1. The van der Waals surface area contributed by atoms with Gasteiger partial charge in [-0.05, 0) is 42.5 Å². The fourth-order valence-electron chi connectivity index (χ4n) is 3.19. The Morgan fingerprint density at radius 2 is 1.43 bits per heavy atom. The first-order valence-electron chi connectivity index (χ1n) is 9.14. The Balaban J connectivity index is 1.50. The number of benzene rings is 2. The van der Waals surface area contributed by atoms with Gasteiger partial charge in [-0.1, -0.05) is 6.07 Å². The maximum absolute atomic E-state index is 12.9. The van der Waals surface area contributed by atoms with Crippen LogP contribution in [-0.4, -0.2) is 43.5 Å². The lowest BCUT2D eigenvalue weighted by molar-refractivity contribution is -0.138. The molecule has 1 N–H and O–H groups in total. The Kier molecular flexibility index (Phi) is 6.25. The number of rotatable bonds is 4. The van der Waals surface area contributed by atoms with E-state index in [-0.39, 0.29) is 18.1 Å². The van der Waals surface area contributed by atoms with E-state index in [4.69, 9.17) is 0 Å². The number of halogens is 6. The molecule has 2 aromatic carbocycles. The third kappa shape index (κ3) is 5.65. The summed E-state index contributed by atoms with van der Waals surface area (Å²) in [7, 11) is 0. The van der Waals surface area contributed by atoms with Crippen molar-refractivity contribution in [1.82, 2.24) is 4.90 Å². The van der Waals surface area contributed by atoms with Gasteiger partial charge in [0, 0.05) is 37.6 Å². The Bertz CT molecular complexity index is 871. The van der Waals surface area contributed by atoms with Crippen molar-refractivity contribution in [1.29, 1.82) is 0 Å². The molecule has 0 aromatic heterocycles. The van der Waals surface area contributed by atoms with Crippen molar-refractivity contribution in [2.24, 2.45) is 0 Å². The predicted molar refractivity (Wildman–Crippen MR) is 100 cm³/mol. The van der Waals surface area contributed by atoms with Gasteiger partial charge < -0.3 is 10.2 Å². The minimum absolute atomic E-state index is 0.0391. The number of carbonyl (C=O) groups excluding carboxylic acids is 1. The SMILES string of the molecule is O=C(CN1CCN(c2cccc(C(F)(F)F)c2)CC1)Nc1ccc(C(F)(F)F)cc1. The molecule has 0 saturated carbocycles. The molecule has 1 aliphatic rings. The van der Waals surface area contributed by atoms with Crippen molar-refractivity contribution in [2.45, 2.75) is 12.4 Å². The predicted octanol–water partition coefficient (Wildman–Crippen LogP) is 4.48. The molecule has 3 rings (SSSR count). The van der Waals surface area contributed by atoms with Crippen LogP contribution < -0.4 is 10.2 Å². The molecular formula is C20H19F6N3O. The van der Waals surface area contributed by atoms with Gasteiger partial charge in [0.2, 0.25) is 5.91 Å². The van der Waals surface area contributed by atoms with E-state index in [0.717, 1.165) is 24.3 Å². The smallest absolute Gasteiger partial charge is 0.369 e. The summed E-state index contributed by atoms with van der Waals surface area (Å²) in [5.74, 6) is -0.373. The molecule has 4 nitrogen and oxygen atoms in total. The summed E-state index contributed by atoms with van der Waals surface area (Å²) in [6, 6.07) is 9.26. The maximum atomic E-state index is 12.9. The van der Waals surface area contributed by atoms with Crippen LogP contribution >= 0.6 is 0 Å². The summed E-state index contributed by atoms with van der Waals surface area (Å²) in [5.41, 5.74) is -0.779. The minimum Gasteiger partial charge on any atom is -0.369 e. The summed E-state index contributed by atoms with van der Waals surface area (Å²) in [6.45, 7) is 1.88. The second kappa shape index (κ2) is 8.55. The van der Waals surface area contributed by atoms with Crippen LogP contribution in [0.15, 0.2) is 48.5 Å². The first-order valence-corrected chi connectivity index (χ1v) is 9.14. The van der Waals surface area contributed by atoms with Crippen LogP contribution in [0.5, 0.6) is 0 Å². The van der Waals surface area contributed by atoms with Gasteiger partial charge in [0.1, 0.15) is 0 Å². The maximum Gasteiger partial charge on any atom is 0.416 e. The fourth-order valence-corrected chi connectivity index (χ4v) is 3.19. The van der Waals surface area contributed by atoms with E-state index < -0.39 is 23.5 Å². The number of piperazine rings is 1. The molecule has 0 aliphatic carbocycles. The minimum atomic E-state index is -4.44. The van der Waals surface area contributed by atoms with E-state index in [0.29, 0.717) is 31.9 Å². The quantitative estimate of drug-likeness (QED) is 0.725. The van der Waals surface area contributed by atoms with E-state index in [9.17, 15) is 31.1 Å². The molecule has 1 fully saturated rings. The van der Waals surface area contributed by atoms with E-state index in [1.165, 1.54) is 18.2 Å². The van der Waals surface area contributed by atoms with Crippen molar-refractivity contribution in [3.63, 3.8) is 0 Å². The molecule has 1 saturated heterocycles. The van der Waals surface area contributed by atoms with Gasteiger partial charge in [-0.3, -0.25) is 9.69 Å². The molecule has 10 heteroatoms. The molecule has 30 heavy (non-hydrogen) atoms. The zero-order valence-corrected chi connectivity index (χ0v) is 15.7. The lowest BCUT2D eigenvalue weighted by atomic mass is 10.1. The first-order chi connectivity index (χ1) is 14.0. The highest BCUT2D eigenvalue weighted by Gasteiger charge is 2.31. The van der Waals surface area contributed by atoms with Crippen LogP contribution in [0.25, 0.3) is 0 Å². The Hall–Kier alpha value is -2.75. The monoisotopic (exact) mass is 431 g/mol. The van der Waals surface area contributed by atoms with Crippen LogP contribution in [0.2, 0.25) is 0 Å². The van der Waals surface area contributed by atoms with Crippen LogP contribution in [0, 0.1) is 0 Å². The number of hydrogen-bond acceptors (Lipinski definition) is 3. The molecule has 0 atom stereocenters. The van der Waals surface area contributed by atoms with Gasteiger partial charge in [-0.25, -0.2) is 0 Å². The molecule has 1 aliphatic heterocycles. The van der Waals surface area contributed by atoms with Crippen LogP contribution in [0.3, 0.4) is 0 Å². The summed E-state index contributed by atoms with van der Waals surface area (Å²) in [5, 5.41) is 2.55. The highest BCUT2D eigenvalue weighted by Crippen LogP contribution is 2.32. The lowest BCUT2D eigenvalue weighted by Gasteiger charge is -2.36. The highest BCUT2D eigenvalue weighted by molar-refractivity contribution is 5.92. The van der Waals surface area contributed by atoms with Gasteiger partial charge in [0.15, 0.2) is 0 Å². The Labute approximate surface area is 169 Å². The molecule has 162 valence electrons. The number of amides is 1. The van der Waals surface area contributed by atoms with Crippen LogP contribution in [0.4, 0.5) is 37.7 Å². The largest absolute Gasteiger partial charge is 0.416 e. The highest BCUT2D eigenvalue weighted by atomic mass is 19.4. The number of carbonyl (C=O) groups is 1. The molecule has 1 amide bonds. The van der Waals surface area contributed by atoms with Gasteiger partial charge in [-0.2, -0.15) is 26.3 Å². The van der Waals surface area contributed by atoms with E-state index in [1.54, 1.807) is 6.07 Å². The van der Waals surface area contributed by atoms with Crippen molar-refractivity contribution < 1.29 is 31.1 Å². The number of nitrogens with one attached hydrogen (secondary N) is 1. The van der Waals surface area contributed by atoms with E-state index >= 15 is 0 Å². The van der Waals surface area contributed by atoms with Crippen LogP contribution in [-0.2, 0) is 17.1 Å². The van der Waals surface area contributed by atoms with Crippen molar-refractivity contribution in [3.8, 4) is 0 Å². The second-order valence-electron chi connectivity index (χ2n) is 6.93.